The van der Waals surface area contributed by atoms with Crippen LogP contribution in [0.3, 0.4) is 0 Å². The molecule has 3 aromatic rings. The van der Waals surface area contributed by atoms with E-state index in [9.17, 15) is 0 Å². The van der Waals surface area contributed by atoms with Crippen LogP contribution in [0, 0.1) is 0 Å². The molecule has 118 valence electrons. The SMILES string of the molecule is c1ccc(COc2ccc3cc(C4CCOCC4)[nH]c3c2)cc1. The summed E-state index contributed by atoms with van der Waals surface area (Å²) >= 11 is 0. The largest absolute Gasteiger partial charge is 0.489 e. The Labute approximate surface area is 136 Å². The fourth-order valence-corrected chi connectivity index (χ4v) is 3.19. The first kappa shape index (κ1) is 14.3. The summed E-state index contributed by atoms with van der Waals surface area (Å²) < 4.78 is 11.4. The zero-order valence-electron chi connectivity index (χ0n) is 13.1. The molecule has 0 amide bonds. The highest BCUT2D eigenvalue weighted by Gasteiger charge is 2.17. The van der Waals surface area contributed by atoms with Gasteiger partial charge in [0, 0.05) is 36.4 Å². The number of benzene rings is 2. The molecule has 4 rings (SSSR count). The third-order valence-electron chi connectivity index (χ3n) is 4.52. The monoisotopic (exact) mass is 307 g/mol. The van der Waals surface area contributed by atoms with Crippen molar-refractivity contribution in [3.8, 4) is 5.75 Å². The second-order valence-electron chi connectivity index (χ2n) is 6.13. The van der Waals surface area contributed by atoms with Crippen LogP contribution in [0.15, 0.2) is 54.6 Å². The predicted molar refractivity (Wildman–Crippen MR) is 91.9 cm³/mol. The molecule has 1 aliphatic heterocycles. The lowest BCUT2D eigenvalue weighted by molar-refractivity contribution is 0.0846. The maximum Gasteiger partial charge on any atom is 0.121 e. The Morgan fingerprint density at radius 2 is 1.83 bits per heavy atom. The molecule has 2 aromatic carbocycles. The zero-order valence-corrected chi connectivity index (χ0v) is 13.1. The molecule has 1 saturated heterocycles. The number of aromatic amines is 1. The first-order valence-electron chi connectivity index (χ1n) is 8.25. The molecule has 2 heterocycles. The van der Waals surface area contributed by atoms with E-state index >= 15 is 0 Å². The van der Waals surface area contributed by atoms with E-state index in [0.29, 0.717) is 12.5 Å². The highest BCUT2D eigenvalue weighted by Crippen LogP contribution is 2.30. The van der Waals surface area contributed by atoms with Crippen molar-refractivity contribution in [2.75, 3.05) is 13.2 Å². The summed E-state index contributed by atoms with van der Waals surface area (Å²) in [4.78, 5) is 3.57. The van der Waals surface area contributed by atoms with Crippen LogP contribution in [0.4, 0.5) is 0 Å². The molecule has 3 heteroatoms. The van der Waals surface area contributed by atoms with Gasteiger partial charge >= 0.3 is 0 Å². The Morgan fingerprint density at radius 1 is 1.00 bits per heavy atom. The van der Waals surface area contributed by atoms with Gasteiger partial charge in [0.2, 0.25) is 0 Å². The first-order valence-corrected chi connectivity index (χ1v) is 8.25. The third kappa shape index (κ3) is 3.25. The Bertz CT molecular complexity index is 773. The molecule has 0 aliphatic carbocycles. The van der Waals surface area contributed by atoms with Crippen molar-refractivity contribution < 1.29 is 9.47 Å². The van der Waals surface area contributed by atoms with Crippen molar-refractivity contribution >= 4 is 10.9 Å². The molecular formula is C20H21NO2. The molecule has 0 unspecified atom stereocenters. The quantitative estimate of drug-likeness (QED) is 0.762. The fraction of sp³-hybridized carbons (Fsp3) is 0.300. The van der Waals surface area contributed by atoms with Crippen molar-refractivity contribution in [2.24, 2.45) is 0 Å². The highest BCUT2D eigenvalue weighted by atomic mass is 16.5. The lowest BCUT2D eigenvalue weighted by Gasteiger charge is -2.20. The van der Waals surface area contributed by atoms with Crippen LogP contribution in [-0.2, 0) is 11.3 Å². The molecule has 0 bridgehead atoms. The minimum atomic E-state index is 0.588. The van der Waals surface area contributed by atoms with E-state index < -0.39 is 0 Å². The molecule has 0 spiro atoms. The van der Waals surface area contributed by atoms with Crippen LogP contribution in [0.1, 0.15) is 30.0 Å². The summed E-state index contributed by atoms with van der Waals surface area (Å²) in [7, 11) is 0. The van der Waals surface area contributed by atoms with Gasteiger partial charge in [0.25, 0.3) is 0 Å². The zero-order chi connectivity index (χ0) is 15.5. The number of hydrogen-bond acceptors (Lipinski definition) is 2. The molecule has 1 aromatic heterocycles. The lowest BCUT2D eigenvalue weighted by Crippen LogP contribution is -2.14. The minimum absolute atomic E-state index is 0.588. The summed E-state index contributed by atoms with van der Waals surface area (Å²) in [5, 5.41) is 1.25. The van der Waals surface area contributed by atoms with Gasteiger partial charge in [0.05, 0.1) is 0 Å². The Balaban J connectivity index is 1.51. The number of hydrogen-bond donors (Lipinski definition) is 1. The minimum Gasteiger partial charge on any atom is -0.489 e. The van der Waals surface area contributed by atoms with Gasteiger partial charge in [-0.1, -0.05) is 30.3 Å². The van der Waals surface area contributed by atoms with Crippen LogP contribution >= 0.6 is 0 Å². The topological polar surface area (TPSA) is 34.2 Å². The van der Waals surface area contributed by atoms with Gasteiger partial charge in [0.1, 0.15) is 12.4 Å². The van der Waals surface area contributed by atoms with Crippen molar-refractivity contribution in [2.45, 2.75) is 25.4 Å². The summed E-state index contributed by atoms with van der Waals surface area (Å²) in [6.07, 6.45) is 2.20. The van der Waals surface area contributed by atoms with E-state index in [-0.39, 0.29) is 0 Å². The predicted octanol–water partition coefficient (Wildman–Crippen LogP) is 4.64. The van der Waals surface area contributed by atoms with Crippen molar-refractivity contribution in [3.63, 3.8) is 0 Å². The number of nitrogens with one attached hydrogen (secondary N) is 1. The van der Waals surface area contributed by atoms with Gasteiger partial charge in [-0.3, -0.25) is 0 Å². The van der Waals surface area contributed by atoms with Gasteiger partial charge in [0.15, 0.2) is 0 Å². The second kappa shape index (κ2) is 6.47. The summed E-state index contributed by atoms with van der Waals surface area (Å²) in [6.45, 7) is 2.33. The molecule has 3 nitrogen and oxygen atoms in total. The van der Waals surface area contributed by atoms with Crippen molar-refractivity contribution in [1.29, 1.82) is 0 Å². The van der Waals surface area contributed by atoms with Crippen LogP contribution in [0.25, 0.3) is 10.9 Å². The summed E-state index contributed by atoms with van der Waals surface area (Å²) in [5.41, 5.74) is 3.66. The molecule has 1 N–H and O–H groups in total. The maximum absolute atomic E-state index is 5.91. The molecule has 0 atom stereocenters. The number of rotatable bonds is 4. The molecule has 0 radical (unpaired) electrons. The molecule has 1 fully saturated rings. The average Bonchev–Trinajstić information content (AvgIpc) is 3.05. The summed E-state index contributed by atoms with van der Waals surface area (Å²) in [5.74, 6) is 1.49. The number of aromatic nitrogens is 1. The Hall–Kier alpha value is -2.26. The van der Waals surface area contributed by atoms with E-state index in [1.165, 1.54) is 16.6 Å². The molecule has 23 heavy (non-hydrogen) atoms. The number of ether oxygens (including phenoxy) is 2. The van der Waals surface area contributed by atoms with Crippen LogP contribution < -0.4 is 4.74 Å². The first-order chi connectivity index (χ1) is 11.4. The van der Waals surface area contributed by atoms with Gasteiger partial charge < -0.3 is 14.5 Å². The van der Waals surface area contributed by atoms with Gasteiger partial charge in [-0.25, -0.2) is 0 Å². The average molecular weight is 307 g/mol. The number of fused-ring (bicyclic) bond motifs is 1. The Morgan fingerprint density at radius 3 is 2.65 bits per heavy atom. The van der Waals surface area contributed by atoms with Crippen LogP contribution in [0.2, 0.25) is 0 Å². The van der Waals surface area contributed by atoms with Crippen LogP contribution in [0.5, 0.6) is 5.75 Å². The van der Waals surface area contributed by atoms with E-state index in [0.717, 1.165) is 37.3 Å². The molecule has 1 aliphatic rings. The number of H-pyrrole nitrogens is 1. The van der Waals surface area contributed by atoms with E-state index in [4.69, 9.17) is 9.47 Å². The van der Waals surface area contributed by atoms with Gasteiger partial charge in [-0.2, -0.15) is 0 Å². The second-order valence-corrected chi connectivity index (χ2v) is 6.13. The van der Waals surface area contributed by atoms with Crippen molar-refractivity contribution in [1.82, 2.24) is 4.98 Å². The molecular weight excluding hydrogens is 286 g/mol. The highest BCUT2D eigenvalue weighted by molar-refractivity contribution is 5.82. The van der Waals surface area contributed by atoms with E-state index in [2.05, 4.69) is 35.3 Å². The van der Waals surface area contributed by atoms with Crippen LogP contribution in [-0.4, -0.2) is 18.2 Å². The fourth-order valence-electron chi connectivity index (χ4n) is 3.19. The lowest BCUT2D eigenvalue weighted by atomic mass is 9.97. The smallest absolute Gasteiger partial charge is 0.121 e. The van der Waals surface area contributed by atoms with Gasteiger partial charge in [-0.15, -0.1) is 0 Å². The maximum atomic E-state index is 5.91. The van der Waals surface area contributed by atoms with Gasteiger partial charge in [-0.05, 0) is 42.0 Å². The van der Waals surface area contributed by atoms with Crippen molar-refractivity contribution in [3.05, 3.63) is 65.9 Å². The summed E-state index contributed by atoms with van der Waals surface area (Å²) in [6, 6.07) is 18.8. The standard InChI is InChI=1S/C20H21NO2/c1-2-4-15(5-3-1)14-23-18-7-6-17-12-19(21-20(17)13-18)16-8-10-22-11-9-16/h1-7,12-13,16,21H,8-11,14H2. The Kier molecular flexibility index (Phi) is 4.03. The molecule has 0 saturated carbocycles. The van der Waals surface area contributed by atoms with E-state index in [1.807, 2.05) is 24.3 Å². The third-order valence-corrected chi connectivity index (χ3v) is 4.52. The van der Waals surface area contributed by atoms with E-state index in [1.54, 1.807) is 0 Å². The normalized spacial score (nSPS) is 15.8.